The van der Waals surface area contributed by atoms with E-state index < -0.39 is 23.6 Å². The molecule has 1 atom stereocenters. The van der Waals surface area contributed by atoms with Crippen molar-refractivity contribution in [1.29, 1.82) is 0 Å². The first kappa shape index (κ1) is 17.7. The fourth-order valence-electron chi connectivity index (χ4n) is 2.39. The van der Waals surface area contributed by atoms with Crippen LogP contribution in [0.3, 0.4) is 0 Å². The Kier molecular flexibility index (Phi) is 5.29. The molecule has 126 valence electrons. The van der Waals surface area contributed by atoms with Gasteiger partial charge in [0.05, 0.1) is 5.69 Å². The van der Waals surface area contributed by atoms with Crippen molar-refractivity contribution in [3.8, 4) is 0 Å². The summed E-state index contributed by atoms with van der Waals surface area (Å²) >= 11 is 3.21. The molecule has 1 aromatic carbocycles. The second-order valence-corrected chi connectivity index (χ2v) is 7.30. The Labute approximate surface area is 143 Å². The van der Waals surface area contributed by atoms with Crippen molar-refractivity contribution in [1.82, 2.24) is 4.90 Å². The van der Waals surface area contributed by atoms with Gasteiger partial charge in [-0.1, -0.05) is 0 Å². The average molecular weight is 387 g/mol. The Morgan fingerprint density at radius 1 is 1.39 bits per heavy atom. The maximum absolute atomic E-state index is 13.1. The van der Waals surface area contributed by atoms with Crippen molar-refractivity contribution in [2.75, 3.05) is 11.9 Å². The minimum absolute atomic E-state index is 0.305. The number of ether oxygens (including phenoxy) is 1. The van der Waals surface area contributed by atoms with Gasteiger partial charge in [0.1, 0.15) is 17.5 Å². The lowest BCUT2D eigenvalue weighted by molar-refractivity contribution is -0.120. The highest BCUT2D eigenvalue weighted by molar-refractivity contribution is 9.10. The number of carbonyl (C=O) groups excluding carboxylic acids is 2. The van der Waals surface area contributed by atoms with Crippen LogP contribution in [-0.4, -0.2) is 35.1 Å². The quantitative estimate of drug-likeness (QED) is 0.837. The minimum Gasteiger partial charge on any atom is -0.444 e. The predicted octanol–water partition coefficient (Wildman–Crippen LogP) is 3.93. The Hall–Kier alpha value is -1.63. The third-order valence-corrected chi connectivity index (χ3v) is 4.03. The van der Waals surface area contributed by atoms with Crippen molar-refractivity contribution in [2.45, 2.75) is 45.3 Å². The van der Waals surface area contributed by atoms with Crippen molar-refractivity contribution in [2.24, 2.45) is 0 Å². The highest BCUT2D eigenvalue weighted by Crippen LogP contribution is 2.26. The molecule has 7 heteroatoms. The SMILES string of the molecule is CC(C)(C)OC(=O)N1CCC[C@H]1C(=O)Nc1ccc(F)cc1Br. The Balaban J connectivity index is 2.07. The monoisotopic (exact) mass is 386 g/mol. The molecule has 0 saturated carbocycles. The second kappa shape index (κ2) is 6.86. The highest BCUT2D eigenvalue weighted by atomic mass is 79.9. The smallest absolute Gasteiger partial charge is 0.410 e. The highest BCUT2D eigenvalue weighted by Gasteiger charge is 2.36. The van der Waals surface area contributed by atoms with Crippen LogP contribution < -0.4 is 5.32 Å². The molecule has 1 heterocycles. The number of hydrogen-bond donors (Lipinski definition) is 1. The van der Waals surface area contributed by atoms with Crippen LogP contribution in [0.4, 0.5) is 14.9 Å². The number of rotatable bonds is 2. The molecular formula is C16H20BrFN2O3. The van der Waals surface area contributed by atoms with E-state index >= 15 is 0 Å². The van der Waals surface area contributed by atoms with Crippen LogP contribution in [0.1, 0.15) is 33.6 Å². The van der Waals surface area contributed by atoms with Crippen molar-refractivity contribution < 1.29 is 18.7 Å². The lowest BCUT2D eigenvalue weighted by atomic mass is 10.2. The van der Waals surface area contributed by atoms with E-state index in [2.05, 4.69) is 21.2 Å². The third-order valence-electron chi connectivity index (χ3n) is 3.37. The molecule has 0 spiro atoms. The van der Waals surface area contributed by atoms with E-state index in [0.717, 1.165) is 6.42 Å². The van der Waals surface area contributed by atoms with Crippen LogP contribution in [0, 0.1) is 5.82 Å². The van der Waals surface area contributed by atoms with Crippen LogP contribution >= 0.6 is 15.9 Å². The number of likely N-dealkylation sites (tertiary alicyclic amines) is 1. The maximum Gasteiger partial charge on any atom is 0.410 e. The lowest BCUT2D eigenvalue weighted by Crippen LogP contribution is -2.45. The summed E-state index contributed by atoms with van der Waals surface area (Å²) in [6, 6.07) is 3.43. The van der Waals surface area contributed by atoms with Crippen LogP contribution in [0.25, 0.3) is 0 Å². The zero-order chi connectivity index (χ0) is 17.2. The van der Waals surface area contributed by atoms with E-state index in [9.17, 15) is 14.0 Å². The molecule has 1 N–H and O–H groups in total. The van der Waals surface area contributed by atoms with E-state index in [1.807, 2.05) is 0 Å². The van der Waals surface area contributed by atoms with Gasteiger partial charge in [-0.3, -0.25) is 9.69 Å². The molecule has 0 bridgehead atoms. The largest absolute Gasteiger partial charge is 0.444 e. The summed E-state index contributed by atoms with van der Waals surface area (Å²) in [5.74, 6) is -0.702. The first-order chi connectivity index (χ1) is 10.7. The van der Waals surface area contributed by atoms with Gasteiger partial charge < -0.3 is 10.1 Å². The van der Waals surface area contributed by atoms with Gasteiger partial charge >= 0.3 is 6.09 Å². The summed E-state index contributed by atoms with van der Waals surface area (Å²) in [5, 5.41) is 2.73. The fourth-order valence-corrected chi connectivity index (χ4v) is 2.84. The van der Waals surface area contributed by atoms with Crippen molar-refractivity contribution in [3.63, 3.8) is 0 Å². The zero-order valence-electron chi connectivity index (χ0n) is 13.4. The predicted molar refractivity (Wildman–Crippen MR) is 88.7 cm³/mol. The number of amides is 2. The Morgan fingerprint density at radius 2 is 2.09 bits per heavy atom. The molecule has 1 aliphatic rings. The molecule has 5 nitrogen and oxygen atoms in total. The van der Waals surface area contributed by atoms with E-state index in [1.165, 1.54) is 23.1 Å². The molecule has 0 aliphatic carbocycles. The van der Waals surface area contributed by atoms with Gasteiger partial charge in [-0.15, -0.1) is 0 Å². The first-order valence-electron chi connectivity index (χ1n) is 7.43. The maximum atomic E-state index is 13.1. The van der Waals surface area contributed by atoms with E-state index in [0.29, 0.717) is 23.1 Å². The molecule has 1 aliphatic heterocycles. The second-order valence-electron chi connectivity index (χ2n) is 6.45. The normalized spacial score (nSPS) is 18.0. The standard InChI is InChI=1S/C16H20BrFN2O3/c1-16(2,3)23-15(22)20-8-4-5-13(20)14(21)19-12-7-6-10(18)9-11(12)17/h6-7,9,13H,4-5,8H2,1-3H3,(H,19,21)/t13-/m0/s1. The molecule has 1 saturated heterocycles. The number of halogens is 2. The van der Waals surface area contributed by atoms with Crippen LogP contribution in [-0.2, 0) is 9.53 Å². The number of nitrogens with one attached hydrogen (secondary N) is 1. The third kappa shape index (κ3) is 4.67. The molecule has 2 amide bonds. The number of benzene rings is 1. The minimum atomic E-state index is -0.610. The summed E-state index contributed by atoms with van der Waals surface area (Å²) in [7, 11) is 0. The van der Waals surface area contributed by atoms with Crippen molar-refractivity contribution in [3.05, 3.63) is 28.5 Å². The lowest BCUT2D eigenvalue weighted by Gasteiger charge is -2.28. The van der Waals surface area contributed by atoms with Gasteiger partial charge in [-0.25, -0.2) is 9.18 Å². The number of anilines is 1. The summed E-state index contributed by atoms with van der Waals surface area (Å²) in [4.78, 5) is 26.1. The summed E-state index contributed by atoms with van der Waals surface area (Å²) in [6.07, 6.45) is 0.819. The number of carbonyl (C=O) groups is 2. The topological polar surface area (TPSA) is 58.6 Å². The average Bonchev–Trinajstić information content (AvgIpc) is 2.89. The molecule has 2 rings (SSSR count). The van der Waals surface area contributed by atoms with Gasteiger partial charge in [-0.2, -0.15) is 0 Å². The van der Waals surface area contributed by atoms with E-state index in [1.54, 1.807) is 20.8 Å². The van der Waals surface area contributed by atoms with Crippen LogP contribution in [0.15, 0.2) is 22.7 Å². The van der Waals surface area contributed by atoms with Gasteiger partial charge in [0.25, 0.3) is 0 Å². The summed E-state index contributed by atoms with van der Waals surface area (Å²) in [6.45, 7) is 5.83. The molecule has 0 aromatic heterocycles. The van der Waals surface area contributed by atoms with Crippen molar-refractivity contribution >= 4 is 33.6 Å². The van der Waals surface area contributed by atoms with Gasteiger partial charge in [0, 0.05) is 11.0 Å². The summed E-state index contributed by atoms with van der Waals surface area (Å²) < 4.78 is 18.9. The van der Waals surface area contributed by atoms with Gasteiger partial charge in [-0.05, 0) is 67.7 Å². The zero-order valence-corrected chi connectivity index (χ0v) is 14.9. The molecule has 1 fully saturated rings. The number of nitrogens with zero attached hydrogens (tertiary/aromatic N) is 1. The van der Waals surface area contributed by atoms with E-state index in [4.69, 9.17) is 4.74 Å². The molecule has 0 radical (unpaired) electrons. The molecule has 23 heavy (non-hydrogen) atoms. The van der Waals surface area contributed by atoms with Gasteiger partial charge in [0.15, 0.2) is 0 Å². The fraction of sp³-hybridized carbons (Fsp3) is 0.500. The number of hydrogen-bond acceptors (Lipinski definition) is 3. The summed E-state index contributed by atoms with van der Waals surface area (Å²) in [5.41, 5.74) is -0.145. The van der Waals surface area contributed by atoms with Crippen LogP contribution in [0.2, 0.25) is 0 Å². The van der Waals surface area contributed by atoms with Gasteiger partial charge in [0.2, 0.25) is 5.91 Å². The Bertz CT molecular complexity index is 616. The van der Waals surface area contributed by atoms with E-state index in [-0.39, 0.29) is 5.91 Å². The molecular weight excluding hydrogens is 367 g/mol. The van der Waals surface area contributed by atoms with Crippen LogP contribution in [0.5, 0.6) is 0 Å². The molecule has 0 unspecified atom stereocenters. The Morgan fingerprint density at radius 3 is 2.70 bits per heavy atom. The molecule has 1 aromatic rings. The first-order valence-corrected chi connectivity index (χ1v) is 8.22.